The SMILES string of the molecule is Nc1ccccc1C(=O)Nc1cccc(C(=O)Nc2ccc(S(=O)Nc3ccccc3)cc2)c1. The zero-order valence-electron chi connectivity index (χ0n) is 18.0. The van der Waals surface area contributed by atoms with Crippen molar-refractivity contribution >= 4 is 45.5 Å². The van der Waals surface area contributed by atoms with Crippen molar-refractivity contribution < 1.29 is 13.8 Å². The van der Waals surface area contributed by atoms with Gasteiger partial charge in [0.2, 0.25) is 0 Å². The van der Waals surface area contributed by atoms with Crippen LogP contribution in [0.1, 0.15) is 20.7 Å². The molecule has 1 unspecified atom stereocenters. The van der Waals surface area contributed by atoms with E-state index < -0.39 is 11.0 Å². The molecule has 2 amide bonds. The Balaban J connectivity index is 1.39. The molecule has 4 aromatic rings. The predicted molar refractivity (Wildman–Crippen MR) is 136 cm³/mol. The van der Waals surface area contributed by atoms with Gasteiger partial charge in [-0.15, -0.1) is 0 Å². The monoisotopic (exact) mass is 470 g/mol. The first-order chi connectivity index (χ1) is 16.5. The van der Waals surface area contributed by atoms with Gasteiger partial charge in [-0.25, -0.2) is 4.21 Å². The second-order valence-corrected chi connectivity index (χ2v) is 8.55. The number of carbonyl (C=O) groups is 2. The molecular formula is C26H22N4O3S. The van der Waals surface area contributed by atoms with Crippen molar-refractivity contribution in [2.75, 3.05) is 21.1 Å². The van der Waals surface area contributed by atoms with E-state index >= 15 is 0 Å². The minimum atomic E-state index is -1.43. The number of anilines is 4. The van der Waals surface area contributed by atoms with Gasteiger partial charge in [-0.05, 0) is 66.7 Å². The number of para-hydroxylation sites is 2. The average Bonchev–Trinajstić information content (AvgIpc) is 2.85. The van der Waals surface area contributed by atoms with Gasteiger partial charge in [0.1, 0.15) is 11.0 Å². The summed E-state index contributed by atoms with van der Waals surface area (Å²) in [6, 6.07) is 29.4. The van der Waals surface area contributed by atoms with Crippen molar-refractivity contribution in [3.8, 4) is 0 Å². The molecule has 0 aliphatic heterocycles. The quantitative estimate of drug-likeness (QED) is 0.288. The predicted octanol–water partition coefficient (Wildman–Crippen LogP) is 4.91. The zero-order chi connectivity index (χ0) is 23.9. The lowest BCUT2D eigenvalue weighted by Gasteiger charge is -2.10. The molecule has 0 saturated carbocycles. The first-order valence-corrected chi connectivity index (χ1v) is 11.6. The Kier molecular flexibility index (Phi) is 7.00. The summed E-state index contributed by atoms with van der Waals surface area (Å²) in [5.41, 5.74) is 8.74. The molecule has 0 saturated heterocycles. The number of benzene rings is 4. The summed E-state index contributed by atoms with van der Waals surface area (Å²) in [7, 11) is -1.43. The summed E-state index contributed by atoms with van der Waals surface area (Å²) in [6.07, 6.45) is 0. The summed E-state index contributed by atoms with van der Waals surface area (Å²) in [6.45, 7) is 0. The first-order valence-electron chi connectivity index (χ1n) is 10.4. The van der Waals surface area contributed by atoms with Crippen LogP contribution in [0.15, 0.2) is 108 Å². The molecule has 0 aromatic heterocycles. The molecule has 5 N–H and O–H groups in total. The van der Waals surface area contributed by atoms with Gasteiger partial charge in [0.05, 0.1) is 10.5 Å². The van der Waals surface area contributed by atoms with E-state index in [2.05, 4.69) is 15.4 Å². The number of nitrogen functional groups attached to an aromatic ring is 1. The minimum absolute atomic E-state index is 0.341. The van der Waals surface area contributed by atoms with Crippen LogP contribution in [-0.4, -0.2) is 16.0 Å². The highest BCUT2D eigenvalue weighted by atomic mass is 32.2. The van der Waals surface area contributed by atoms with E-state index in [1.165, 1.54) is 0 Å². The lowest BCUT2D eigenvalue weighted by atomic mass is 10.1. The van der Waals surface area contributed by atoms with Crippen molar-refractivity contribution in [1.29, 1.82) is 0 Å². The van der Waals surface area contributed by atoms with E-state index in [1.807, 2.05) is 30.3 Å². The number of nitrogens with two attached hydrogens (primary N) is 1. The van der Waals surface area contributed by atoms with Gasteiger partial charge in [0.15, 0.2) is 0 Å². The summed E-state index contributed by atoms with van der Waals surface area (Å²) >= 11 is 0. The van der Waals surface area contributed by atoms with E-state index in [-0.39, 0.29) is 11.8 Å². The highest BCUT2D eigenvalue weighted by Crippen LogP contribution is 2.19. The molecule has 0 aliphatic carbocycles. The smallest absolute Gasteiger partial charge is 0.257 e. The van der Waals surface area contributed by atoms with E-state index in [0.717, 1.165) is 5.69 Å². The molecule has 1 atom stereocenters. The van der Waals surface area contributed by atoms with Crippen LogP contribution < -0.4 is 21.1 Å². The normalized spacial score (nSPS) is 11.3. The van der Waals surface area contributed by atoms with Crippen LogP contribution in [-0.2, 0) is 11.0 Å². The number of nitrogens with one attached hydrogen (secondary N) is 3. The van der Waals surface area contributed by atoms with Gasteiger partial charge in [-0.3, -0.25) is 9.59 Å². The Morgan fingerprint density at radius 3 is 2.03 bits per heavy atom. The van der Waals surface area contributed by atoms with Gasteiger partial charge in [-0.1, -0.05) is 36.4 Å². The Labute approximate surface area is 199 Å². The molecule has 0 heterocycles. The van der Waals surface area contributed by atoms with Crippen LogP contribution in [0.3, 0.4) is 0 Å². The number of hydrogen-bond donors (Lipinski definition) is 4. The fraction of sp³-hybridized carbons (Fsp3) is 0. The number of rotatable bonds is 7. The maximum Gasteiger partial charge on any atom is 0.257 e. The lowest BCUT2D eigenvalue weighted by molar-refractivity contribution is 0.101. The molecule has 0 radical (unpaired) electrons. The lowest BCUT2D eigenvalue weighted by Crippen LogP contribution is -2.15. The fourth-order valence-electron chi connectivity index (χ4n) is 3.18. The van der Waals surface area contributed by atoms with Crippen molar-refractivity contribution in [1.82, 2.24) is 0 Å². The Hall–Kier alpha value is -4.43. The van der Waals surface area contributed by atoms with E-state index in [9.17, 15) is 13.8 Å². The molecule has 4 rings (SSSR count). The fourth-order valence-corrected chi connectivity index (χ4v) is 4.03. The van der Waals surface area contributed by atoms with Crippen LogP contribution in [0.5, 0.6) is 0 Å². The van der Waals surface area contributed by atoms with Crippen LogP contribution >= 0.6 is 0 Å². The maximum absolute atomic E-state index is 12.7. The molecular weight excluding hydrogens is 448 g/mol. The molecule has 170 valence electrons. The second-order valence-electron chi connectivity index (χ2n) is 7.34. The molecule has 4 aromatic carbocycles. The minimum Gasteiger partial charge on any atom is -0.398 e. The summed E-state index contributed by atoms with van der Waals surface area (Å²) < 4.78 is 15.4. The van der Waals surface area contributed by atoms with E-state index in [1.54, 1.807) is 72.8 Å². The topological polar surface area (TPSA) is 113 Å². The number of carbonyl (C=O) groups excluding carboxylic acids is 2. The standard InChI is InChI=1S/C26H22N4O3S/c27-24-12-5-4-11-23(24)26(32)29-21-10-6-7-18(17-21)25(31)28-19-13-15-22(16-14-19)34(33)30-20-8-2-1-3-9-20/h1-17,30H,27H2,(H,28,31)(H,29,32). The Morgan fingerprint density at radius 1 is 0.647 bits per heavy atom. The van der Waals surface area contributed by atoms with Gasteiger partial charge >= 0.3 is 0 Å². The molecule has 0 bridgehead atoms. The van der Waals surface area contributed by atoms with Crippen LogP contribution in [0.25, 0.3) is 0 Å². The van der Waals surface area contributed by atoms with Crippen molar-refractivity contribution in [2.24, 2.45) is 0 Å². The second kappa shape index (κ2) is 10.5. The highest BCUT2D eigenvalue weighted by Gasteiger charge is 2.12. The molecule has 8 heteroatoms. The third kappa shape index (κ3) is 5.67. The Bertz CT molecular complexity index is 1340. The third-order valence-electron chi connectivity index (χ3n) is 4.90. The molecule has 34 heavy (non-hydrogen) atoms. The van der Waals surface area contributed by atoms with E-state index in [0.29, 0.717) is 33.1 Å². The van der Waals surface area contributed by atoms with Gasteiger partial charge in [-0.2, -0.15) is 0 Å². The van der Waals surface area contributed by atoms with Crippen LogP contribution in [0, 0.1) is 0 Å². The zero-order valence-corrected chi connectivity index (χ0v) is 18.8. The van der Waals surface area contributed by atoms with Gasteiger partial charge < -0.3 is 21.1 Å². The third-order valence-corrected chi connectivity index (χ3v) is 6.02. The Morgan fingerprint density at radius 2 is 1.29 bits per heavy atom. The summed E-state index contributed by atoms with van der Waals surface area (Å²) in [5, 5.41) is 5.56. The average molecular weight is 471 g/mol. The molecule has 0 fully saturated rings. The number of amides is 2. The van der Waals surface area contributed by atoms with Crippen molar-refractivity contribution in [3.05, 3.63) is 114 Å². The first kappa shape index (κ1) is 22.8. The largest absolute Gasteiger partial charge is 0.398 e. The van der Waals surface area contributed by atoms with Crippen molar-refractivity contribution in [2.45, 2.75) is 4.90 Å². The molecule has 0 aliphatic rings. The van der Waals surface area contributed by atoms with Gasteiger partial charge in [0, 0.05) is 28.3 Å². The summed E-state index contributed by atoms with van der Waals surface area (Å²) in [5.74, 6) is -0.699. The van der Waals surface area contributed by atoms with Crippen LogP contribution in [0.2, 0.25) is 0 Å². The highest BCUT2D eigenvalue weighted by molar-refractivity contribution is 7.86. The van der Waals surface area contributed by atoms with Crippen molar-refractivity contribution in [3.63, 3.8) is 0 Å². The number of hydrogen-bond acceptors (Lipinski definition) is 4. The summed E-state index contributed by atoms with van der Waals surface area (Å²) in [4.78, 5) is 25.8. The van der Waals surface area contributed by atoms with Crippen LogP contribution in [0.4, 0.5) is 22.7 Å². The maximum atomic E-state index is 12.7. The van der Waals surface area contributed by atoms with Gasteiger partial charge in [0.25, 0.3) is 11.8 Å². The van der Waals surface area contributed by atoms with E-state index in [4.69, 9.17) is 5.73 Å². The molecule has 0 spiro atoms. The molecule has 7 nitrogen and oxygen atoms in total.